The molecule has 3 nitrogen and oxygen atoms in total. The van der Waals surface area contributed by atoms with Crippen LogP contribution in [0.4, 0.5) is 0 Å². The van der Waals surface area contributed by atoms with Crippen molar-refractivity contribution < 1.29 is 4.74 Å². The van der Waals surface area contributed by atoms with Gasteiger partial charge in [0, 0.05) is 30.9 Å². The molecule has 0 N–H and O–H groups in total. The minimum Gasteiger partial charge on any atom is -0.378 e. The molecule has 17 heavy (non-hydrogen) atoms. The van der Waals surface area contributed by atoms with Crippen LogP contribution in [-0.4, -0.2) is 60.6 Å². The summed E-state index contributed by atoms with van der Waals surface area (Å²) in [6, 6.07) is 1.12. The second kappa shape index (κ2) is 4.79. The van der Waals surface area contributed by atoms with E-state index in [1.807, 2.05) is 0 Å². The Hall–Kier alpha value is -0.250. The highest BCUT2D eigenvalue weighted by atomic mass is 35.5. The van der Waals surface area contributed by atoms with E-state index in [0.717, 1.165) is 26.3 Å². The fourth-order valence-electron chi connectivity index (χ4n) is 3.33. The first kappa shape index (κ1) is 11.8. The van der Waals surface area contributed by atoms with Gasteiger partial charge in [-0.3, -0.25) is 4.90 Å². The van der Waals surface area contributed by atoms with Gasteiger partial charge < -0.3 is 9.64 Å². The van der Waals surface area contributed by atoms with E-state index in [9.17, 15) is 0 Å². The molecule has 3 atom stereocenters. The molecule has 0 radical (unpaired) electrons. The zero-order chi connectivity index (χ0) is 11.8. The maximum absolute atomic E-state index is 6.68. The van der Waals surface area contributed by atoms with E-state index in [1.165, 1.54) is 25.0 Å². The highest BCUT2D eigenvalue weighted by molar-refractivity contribution is 6.23. The minimum atomic E-state index is 0.162. The van der Waals surface area contributed by atoms with Gasteiger partial charge >= 0.3 is 0 Å². The maximum Gasteiger partial charge on any atom is 0.0886 e. The fourth-order valence-corrected chi connectivity index (χ4v) is 3.85. The second-order valence-electron chi connectivity index (χ2n) is 5.32. The van der Waals surface area contributed by atoms with Gasteiger partial charge in [-0.05, 0) is 32.4 Å². The van der Waals surface area contributed by atoms with Gasteiger partial charge in [-0.1, -0.05) is 0 Å². The summed E-state index contributed by atoms with van der Waals surface area (Å²) in [5.41, 5.74) is 1.36. The van der Waals surface area contributed by atoms with Gasteiger partial charge in [0.1, 0.15) is 0 Å². The topological polar surface area (TPSA) is 15.7 Å². The summed E-state index contributed by atoms with van der Waals surface area (Å²) in [6.45, 7) is 3.68. The molecule has 2 bridgehead atoms. The molecule has 3 aliphatic rings. The number of piperidine rings is 1. The van der Waals surface area contributed by atoms with Crippen LogP contribution in [0.5, 0.6) is 0 Å². The molecule has 0 aromatic carbocycles. The van der Waals surface area contributed by atoms with Gasteiger partial charge in [-0.15, -0.1) is 11.6 Å². The lowest BCUT2D eigenvalue weighted by Gasteiger charge is -2.48. The van der Waals surface area contributed by atoms with Crippen LogP contribution < -0.4 is 0 Å². The predicted octanol–water partition coefficient (Wildman–Crippen LogP) is 1.68. The molecule has 0 aromatic heterocycles. The Morgan fingerprint density at radius 2 is 2.06 bits per heavy atom. The van der Waals surface area contributed by atoms with E-state index in [1.54, 1.807) is 0 Å². The number of fused-ring (bicyclic) bond motifs is 2. The highest BCUT2D eigenvalue weighted by Crippen LogP contribution is 2.36. The summed E-state index contributed by atoms with van der Waals surface area (Å²) in [7, 11) is 2.22. The molecule has 96 valence electrons. The lowest BCUT2D eigenvalue weighted by molar-refractivity contribution is 0.0426. The van der Waals surface area contributed by atoms with Crippen molar-refractivity contribution in [3.05, 3.63) is 11.8 Å². The molecule has 3 unspecified atom stereocenters. The first-order chi connectivity index (χ1) is 8.27. The van der Waals surface area contributed by atoms with Crippen molar-refractivity contribution in [3.8, 4) is 0 Å². The fraction of sp³-hybridized carbons (Fsp3) is 0.846. The number of ether oxygens (including phenoxy) is 1. The third kappa shape index (κ3) is 2.09. The Kier molecular flexibility index (Phi) is 3.33. The molecule has 0 saturated carbocycles. The summed E-state index contributed by atoms with van der Waals surface area (Å²) in [6.07, 6.45) is 6.24. The van der Waals surface area contributed by atoms with E-state index >= 15 is 0 Å². The van der Waals surface area contributed by atoms with Gasteiger partial charge in [-0.25, -0.2) is 0 Å². The molecule has 3 rings (SSSR count). The zero-order valence-electron chi connectivity index (χ0n) is 10.4. The number of alkyl halides is 1. The molecule has 0 aliphatic carbocycles. The van der Waals surface area contributed by atoms with E-state index < -0.39 is 0 Å². The number of halogens is 1. The van der Waals surface area contributed by atoms with Crippen LogP contribution in [0.3, 0.4) is 0 Å². The average molecular weight is 257 g/mol. The average Bonchev–Trinajstić information content (AvgIpc) is 2.35. The van der Waals surface area contributed by atoms with Crippen molar-refractivity contribution in [1.29, 1.82) is 0 Å². The quantitative estimate of drug-likeness (QED) is 0.664. The minimum absolute atomic E-state index is 0.162. The first-order valence-electron chi connectivity index (χ1n) is 6.68. The molecule has 0 amide bonds. The number of rotatable bonds is 1. The third-order valence-corrected chi connectivity index (χ3v) is 4.92. The van der Waals surface area contributed by atoms with Crippen LogP contribution >= 0.6 is 11.6 Å². The van der Waals surface area contributed by atoms with Crippen molar-refractivity contribution in [2.75, 3.05) is 33.4 Å². The Balaban J connectivity index is 1.83. The molecule has 2 fully saturated rings. The van der Waals surface area contributed by atoms with E-state index in [-0.39, 0.29) is 5.38 Å². The predicted molar refractivity (Wildman–Crippen MR) is 69.3 cm³/mol. The monoisotopic (exact) mass is 256 g/mol. The summed E-state index contributed by atoms with van der Waals surface area (Å²) >= 11 is 6.68. The van der Waals surface area contributed by atoms with E-state index in [0.29, 0.717) is 12.1 Å². The van der Waals surface area contributed by atoms with Gasteiger partial charge in [0.15, 0.2) is 0 Å². The van der Waals surface area contributed by atoms with Crippen molar-refractivity contribution in [2.24, 2.45) is 0 Å². The Labute approximate surface area is 108 Å². The van der Waals surface area contributed by atoms with Crippen LogP contribution in [0.15, 0.2) is 11.8 Å². The van der Waals surface area contributed by atoms with Gasteiger partial charge in [0.05, 0.1) is 18.6 Å². The second-order valence-corrected chi connectivity index (χ2v) is 5.79. The number of morpholine rings is 1. The number of hydrogen-bond donors (Lipinski definition) is 0. The molecule has 2 saturated heterocycles. The van der Waals surface area contributed by atoms with Crippen LogP contribution in [0.1, 0.15) is 19.3 Å². The van der Waals surface area contributed by atoms with Crippen molar-refractivity contribution in [3.63, 3.8) is 0 Å². The molecule has 3 heterocycles. The maximum atomic E-state index is 6.68. The normalized spacial score (nSPS) is 39.1. The zero-order valence-corrected chi connectivity index (χ0v) is 11.2. The lowest BCUT2D eigenvalue weighted by atomic mass is 9.87. The van der Waals surface area contributed by atoms with Gasteiger partial charge in [-0.2, -0.15) is 0 Å². The molecular formula is C13H21ClN2O. The SMILES string of the molecule is CN1C2C=C(N3CCOCC3)C(Cl)C1CCC2. The van der Waals surface area contributed by atoms with Crippen molar-refractivity contribution in [1.82, 2.24) is 9.80 Å². The Morgan fingerprint density at radius 1 is 1.29 bits per heavy atom. The standard InChI is InChI=1S/C13H21ClN2O/c1-15-10-3-2-4-11(15)13(14)12(9-10)16-5-7-17-8-6-16/h9-11,13H,2-8H2,1H3. The number of likely N-dealkylation sites (N-methyl/N-ethyl adjacent to an activating group) is 1. The van der Waals surface area contributed by atoms with Crippen LogP contribution in [-0.2, 0) is 4.74 Å². The van der Waals surface area contributed by atoms with Crippen LogP contribution in [0, 0.1) is 0 Å². The van der Waals surface area contributed by atoms with E-state index in [4.69, 9.17) is 16.3 Å². The van der Waals surface area contributed by atoms with Crippen LogP contribution in [0.25, 0.3) is 0 Å². The van der Waals surface area contributed by atoms with Crippen molar-refractivity contribution >= 4 is 11.6 Å². The van der Waals surface area contributed by atoms with E-state index in [2.05, 4.69) is 22.9 Å². The number of hydrogen-bond acceptors (Lipinski definition) is 3. The Bertz CT molecular complexity index is 315. The van der Waals surface area contributed by atoms with Crippen LogP contribution in [0.2, 0.25) is 0 Å². The molecule has 4 heteroatoms. The lowest BCUT2D eigenvalue weighted by Crippen LogP contribution is -2.54. The molecule has 3 aliphatic heterocycles. The summed E-state index contributed by atoms with van der Waals surface area (Å²) in [5.74, 6) is 0. The molecular weight excluding hydrogens is 236 g/mol. The summed E-state index contributed by atoms with van der Waals surface area (Å²) < 4.78 is 5.42. The third-order valence-electron chi connectivity index (χ3n) is 4.41. The van der Waals surface area contributed by atoms with Crippen molar-refractivity contribution in [2.45, 2.75) is 36.7 Å². The Morgan fingerprint density at radius 3 is 2.82 bits per heavy atom. The summed E-state index contributed by atoms with van der Waals surface area (Å²) in [4.78, 5) is 4.89. The smallest absolute Gasteiger partial charge is 0.0886 e. The highest BCUT2D eigenvalue weighted by Gasteiger charge is 2.39. The van der Waals surface area contributed by atoms with Gasteiger partial charge in [0.25, 0.3) is 0 Å². The molecule has 0 spiro atoms. The summed E-state index contributed by atoms with van der Waals surface area (Å²) in [5, 5.41) is 0.162. The first-order valence-corrected chi connectivity index (χ1v) is 7.11. The number of nitrogens with zero attached hydrogens (tertiary/aromatic N) is 2. The largest absolute Gasteiger partial charge is 0.378 e. The molecule has 0 aromatic rings. The van der Waals surface area contributed by atoms with Gasteiger partial charge in [0.2, 0.25) is 0 Å².